The molecule has 3 saturated heterocycles. The van der Waals surface area contributed by atoms with Crippen LogP contribution in [0.4, 0.5) is 10.2 Å². The zero-order chi connectivity index (χ0) is 30.0. The molecule has 3 fully saturated rings. The summed E-state index contributed by atoms with van der Waals surface area (Å²) in [7, 11) is 0. The Balaban J connectivity index is 1.28. The molecule has 11 heteroatoms. The van der Waals surface area contributed by atoms with Crippen molar-refractivity contribution in [3.05, 3.63) is 35.9 Å². The number of benzene rings is 1. The van der Waals surface area contributed by atoms with Gasteiger partial charge in [0.2, 0.25) is 0 Å². The lowest BCUT2D eigenvalue weighted by Gasteiger charge is -2.53. The standard InChI is InChI=1S/C31H45FN6O4/c1-20(2)25(8-10-27-40-13-14-41-27)37-17-31(18-37)11-12-36(16-31)28-29(35-34-19-33-28)42-26-9-7-23(32)15-24(26)30(39)38(21(3)4)22(5)6/h7,9,15,19-22,25,27H,8,10-14,16-18H2,1-6H3/t25-/m0/s1. The van der Waals surface area contributed by atoms with Crippen LogP contribution in [0.2, 0.25) is 0 Å². The van der Waals surface area contributed by atoms with E-state index in [2.05, 4.69) is 38.8 Å². The molecule has 0 bridgehead atoms. The number of carbonyl (C=O) groups is 1. The molecule has 3 aliphatic rings. The number of carbonyl (C=O) groups excluding carboxylic acids is 1. The third kappa shape index (κ3) is 6.53. The van der Waals surface area contributed by atoms with Crippen molar-refractivity contribution in [1.82, 2.24) is 25.0 Å². The first-order valence-corrected chi connectivity index (χ1v) is 15.3. The SMILES string of the molecule is CC(C)[C@H](CCC1OCCO1)N1CC2(CCN(c3ncnnc3Oc3ccc(F)cc3C(=O)N(C(C)C)C(C)C)C2)C1. The molecule has 1 aromatic heterocycles. The molecule has 5 rings (SSSR count). The lowest BCUT2D eigenvalue weighted by Crippen LogP contribution is -2.62. The molecule has 0 N–H and O–H groups in total. The van der Waals surface area contributed by atoms with E-state index >= 15 is 0 Å². The molecule has 0 aliphatic carbocycles. The quantitative estimate of drug-likeness (QED) is 0.371. The summed E-state index contributed by atoms with van der Waals surface area (Å²) in [5.41, 5.74) is 0.330. The van der Waals surface area contributed by atoms with E-state index in [1.165, 1.54) is 24.5 Å². The molecule has 4 heterocycles. The van der Waals surface area contributed by atoms with E-state index in [0.717, 1.165) is 45.4 Å². The molecule has 230 valence electrons. The molecule has 1 spiro atoms. The Morgan fingerprint density at radius 3 is 2.50 bits per heavy atom. The van der Waals surface area contributed by atoms with Gasteiger partial charge in [-0.15, -0.1) is 10.2 Å². The maximum absolute atomic E-state index is 14.3. The van der Waals surface area contributed by atoms with Gasteiger partial charge in [-0.25, -0.2) is 9.37 Å². The zero-order valence-electron chi connectivity index (χ0n) is 25.8. The summed E-state index contributed by atoms with van der Waals surface area (Å²) in [6.07, 6.45) is 4.37. The number of halogens is 1. The zero-order valence-corrected chi connectivity index (χ0v) is 25.8. The van der Waals surface area contributed by atoms with Crippen LogP contribution in [-0.2, 0) is 9.47 Å². The molecule has 1 atom stereocenters. The highest BCUT2D eigenvalue weighted by molar-refractivity contribution is 5.97. The molecule has 2 aromatic rings. The fourth-order valence-corrected chi connectivity index (χ4v) is 6.85. The predicted octanol–water partition coefficient (Wildman–Crippen LogP) is 4.75. The minimum Gasteiger partial charge on any atom is -0.434 e. The minimum absolute atomic E-state index is 0.0649. The summed E-state index contributed by atoms with van der Waals surface area (Å²) in [6, 6.07) is 4.35. The largest absolute Gasteiger partial charge is 0.434 e. The summed E-state index contributed by atoms with van der Waals surface area (Å²) in [5.74, 6) is 0.771. The Labute approximate surface area is 248 Å². The van der Waals surface area contributed by atoms with E-state index in [4.69, 9.17) is 14.2 Å². The van der Waals surface area contributed by atoms with Crippen LogP contribution in [-0.4, -0.2) is 94.7 Å². The fraction of sp³-hybridized carbons (Fsp3) is 0.677. The number of nitrogens with zero attached hydrogens (tertiary/aromatic N) is 6. The molecule has 10 nitrogen and oxygen atoms in total. The van der Waals surface area contributed by atoms with Gasteiger partial charge in [-0.2, -0.15) is 0 Å². The molecule has 0 radical (unpaired) electrons. The van der Waals surface area contributed by atoms with Crippen LogP contribution in [0.25, 0.3) is 0 Å². The van der Waals surface area contributed by atoms with Crippen molar-refractivity contribution in [3.63, 3.8) is 0 Å². The summed E-state index contributed by atoms with van der Waals surface area (Å²) in [5, 5.41) is 8.21. The highest BCUT2D eigenvalue weighted by atomic mass is 19.1. The number of likely N-dealkylation sites (tertiary alicyclic amines) is 1. The number of ether oxygens (including phenoxy) is 3. The van der Waals surface area contributed by atoms with Crippen molar-refractivity contribution in [2.24, 2.45) is 11.3 Å². The van der Waals surface area contributed by atoms with Gasteiger partial charge in [-0.05, 0) is 71.1 Å². The Bertz CT molecular complexity index is 1220. The van der Waals surface area contributed by atoms with E-state index in [-0.39, 0.29) is 46.9 Å². The number of aromatic nitrogens is 3. The maximum Gasteiger partial charge on any atom is 0.282 e. The highest BCUT2D eigenvalue weighted by Gasteiger charge is 2.50. The van der Waals surface area contributed by atoms with Gasteiger partial charge in [0, 0.05) is 49.7 Å². The van der Waals surface area contributed by atoms with Crippen molar-refractivity contribution in [3.8, 4) is 11.6 Å². The van der Waals surface area contributed by atoms with E-state index in [1.807, 2.05) is 27.7 Å². The molecule has 0 saturated carbocycles. The van der Waals surface area contributed by atoms with Gasteiger partial charge in [0.1, 0.15) is 17.9 Å². The van der Waals surface area contributed by atoms with Crippen molar-refractivity contribution < 1.29 is 23.4 Å². The Morgan fingerprint density at radius 2 is 1.83 bits per heavy atom. The monoisotopic (exact) mass is 584 g/mol. The van der Waals surface area contributed by atoms with Crippen LogP contribution in [0.3, 0.4) is 0 Å². The average molecular weight is 585 g/mol. The smallest absolute Gasteiger partial charge is 0.282 e. The fourth-order valence-electron chi connectivity index (χ4n) is 6.85. The Morgan fingerprint density at radius 1 is 1.12 bits per heavy atom. The van der Waals surface area contributed by atoms with Crippen LogP contribution in [0, 0.1) is 17.2 Å². The first-order chi connectivity index (χ1) is 20.1. The van der Waals surface area contributed by atoms with Crippen LogP contribution in [0.15, 0.2) is 24.5 Å². The number of anilines is 1. The topological polar surface area (TPSA) is 93.1 Å². The average Bonchev–Trinajstić information content (AvgIpc) is 3.60. The van der Waals surface area contributed by atoms with Crippen molar-refractivity contribution >= 4 is 11.7 Å². The van der Waals surface area contributed by atoms with Gasteiger partial charge >= 0.3 is 0 Å². The van der Waals surface area contributed by atoms with Crippen LogP contribution >= 0.6 is 0 Å². The van der Waals surface area contributed by atoms with Crippen LogP contribution < -0.4 is 9.64 Å². The summed E-state index contributed by atoms with van der Waals surface area (Å²) < 4.78 is 31.9. The van der Waals surface area contributed by atoms with Crippen LogP contribution in [0.5, 0.6) is 11.6 Å². The second kappa shape index (κ2) is 12.8. The van der Waals surface area contributed by atoms with E-state index in [1.54, 1.807) is 4.90 Å². The maximum atomic E-state index is 14.3. The first kappa shape index (κ1) is 30.6. The molecule has 42 heavy (non-hydrogen) atoms. The Kier molecular flexibility index (Phi) is 9.29. The van der Waals surface area contributed by atoms with E-state index in [0.29, 0.717) is 31.0 Å². The van der Waals surface area contributed by atoms with E-state index < -0.39 is 5.82 Å². The minimum atomic E-state index is -0.505. The number of hydrogen-bond donors (Lipinski definition) is 0. The lowest BCUT2D eigenvalue weighted by atomic mass is 9.76. The van der Waals surface area contributed by atoms with Gasteiger partial charge in [-0.3, -0.25) is 9.69 Å². The number of rotatable bonds is 11. The predicted molar refractivity (Wildman–Crippen MR) is 157 cm³/mol. The summed E-state index contributed by atoms with van der Waals surface area (Å²) in [4.78, 5) is 24.6. The van der Waals surface area contributed by atoms with Gasteiger partial charge in [0.15, 0.2) is 12.1 Å². The molecule has 1 amide bonds. The van der Waals surface area contributed by atoms with Gasteiger partial charge < -0.3 is 24.0 Å². The van der Waals surface area contributed by atoms with Gasteiger partial charge in [0.25, 0.3) is 11.8 Å². The van der Waals surface area contributed by atoms with Crippen LogP contribution in [0.1, 0.15) is 71.2 Å². The summed E-state index contributed by atoms with van der Waals surface area (Å²) in [6.45, 7) is 17.4. The molecule has 3 aliphatic heterocycles. The normalized spacial score (nSPS) is 19.7. The third-order valence-corrected chi connectivity index (χ3v) is 8.74. The van der Waals surface area contributed by atoms with Gasteiger partial charge in [0.05, 0.1) is 18.8 Å². The van der Waals surface area contributed by atoms with Crippen molar-refractivity contribution in [2.45, 2.75) is 85.2 Å². The molecule has 0 unspecified atom stereocenters. The molecule has 1 aromatic carbocycles. The number of amides is 1. The Hall–Kier alpha value is -2.89. The lowest BCUT2D eigenvalue weighted by molar-refractivity contribution is -0.0689. The molecular weight excluding hydrogens is 539 g/mol. The molecular formula is C31H45FN6O4. The second-order valence-electron chi connectivity index (χ2n) is 12.9. The van der Waals surface area contributed by atoms with Crippen molar-refractivity contribution in [2.75, 3.05) is 44.3 Å². The second-order valence-corrected chi connectivity index (χ2v) is 12.9. The summed E-state index contributed by atoms with van der Waals surface area (Å²) >= 11 is 0. The van der Waals surface area contributed by atoms with E-state index in [9.17, 15) is 9.18 Å². The van der Waals surface area contributed by atoms with Crippen molar-refractivity contribution in [1.29, 1.82) is 0 Å². The third-order valence-electron chi connectivity index (χ3n) is 8.74. The number of hydrogen-bond acceptors (Lipinski definition) is 9. The highest BCUT2D eigenvalue weighted by Crippen LogP contribution is 2.44. The van der Waals surface area contributed by atoms with Gasteiger partial charge in [-0.1, -0.05) is 13.8 Å². The first-order valence-electron chi connectivity index (χ1n) is 15.3.